The van der Waals surface area contributed by atoms with E-state index in [1.165, 1.54) is 12.3 Å². The van der Waals surface area contributed by atoms with Gasteiger partial charge in [-0.3, -0.25) is 9.78 Å². The van der Waals surface area contributed by atoms with Crippen molar-refractivity contribution in [2.75, 3.05) is 0 Å². The van der Waals surface area contributed by atoms with Gasteiger partial charge in [-0.1, -0.05) is 0 Å². The molecule has 0 fully saturated rings. The van der Waals surface area contributed by atoms with Gasteiger partial charge in [-0.2, -0.15) is 0 Å². The van der Waals surface area contributed by atoms with Crippen LogP contribution in [-0.2, 0) is 4.79 Å². The summed E-state index contributed by atoms with van der Waals surface area (Å²) in [6.45, 7) is 0. The number of nitrogens with zero attached hydrogens (tertiary/aromatic N) is 1. The van der Waals surface area contributed by atoms with E-state index >= 15 is 0 Å². The number of hydrogen-bond donors (Lipinski definition) is 2. The van der Waals surface area contributed by atoms with E-state index in [-0.39, 0.29) is 6.42 Å². The maximum atomic E-state index is 12.6. The SMILES string of the molecule is NC(CC(=O)O)c1cncc(F)c1. The maximum Gasteiger partial charge on any atom is 0.305 e. The minimum absolute atomic E-state index is 0.231. The molecule has 1 unspecified atom stereocenters. The van der Waals surface area contributed by atoms with Crippen molar-refractivity contribution in [1.82, 2.24) is 4.98 Å². The van der Waals surface area contributed by atoms with Crippen molar-refractivity contribution in [3.8, 4) is 0 Å². The van der Waals surface area contributed by atoms with Crippen molar-refractivity contribution in [3.05, 3.63) is 29.8 Å². The van der Waals surface area contributed by atoms with E-state index < -0.39 is 17.8 Å². The van der Waals surface area contributed by atoms with Crippen molar-refractivity contribution in [2.24, 2.45) is 5.73 Å². The molecule has 1 aromatic heterocycles. The predicted molar refractivity (Wildman–Crippen MR) is 43.4 cm³/mol. The van der Waals surface area contributed by atoms with Crippen LogP contribution in [0.3, 0.4) is 0 Å². The number of pyridine rings is 1. The molecular formula is C8H9FN2O2. The molecule has 0 aliphatic rings. The number of carboxylic acids is 1. The molecule has 1 rings (SSSR count). The molecule has 0 saturated carbocycles. The van der Waals surface area contributed by atoms with Gasteiger partial charge in [-0.15, -0.1) is 0 Å². The lowest BCUT2D eigenvalue weighted by molar-refractivity contribution is -0.137. The van der Waals surface area contributed by atoms with Crippen LogP contribution in [0.4, 0.5) is 4.39 Å². The van der Waals surface area contributed by atoms with Gasteiger partial charge in [0.1, 0.15) is 5.82 Å². The number of hydrogen-bond acceptors (Lipinski definition) is 3. The third kappa shape index (κ3) is 2.79. The van der Waals surface area contributed by atoms with Crippen LogP contribution in [0.15, 0.2) is 18.5 Å². The van der Waals surface area contributed by atoms with Crippen molar-refractivity contribution in [1.29, 1.82) is 0 Å². The lowest BCUT2D eigenvalue weighted by Gasteiger charge is -2.07. The molecule has 70 valence electrons. The Bertz CT molecular complexity index is 317. The summed E-state index contributed by atoms with van der Waals surface area (Å²) in [5.74, 6) is -1.53. The van der Waals surface area contributed by atoms with Crippen molar-refractivity contribution < 1.29 is 14.3 Å². The molecule has 0 aromatic carbocycles. The third-order valence-corrected chi connectivity index (χ3v) is 1.55. The fourth-order valence-corrected chi connectivity index (χ4v) is 0.937. The van der Waals surface area contributed by atoms with E-state index in [4.69, 9.17) is 10.8 Å². The summed E-state index contributed by atoms with van der Waals surface area (Å²) in [6, 6.07) is 0.473. The highest BCUT2D eigenvalue weighted by Gasteiger charge is 2.11. The van der Waals surface area contributed by atoms with E-state index in [0.29, 0.717) is 5.56 Å². The summed E-state index contributed by atoms with van der Waals surface area (Å²) >= 11 is 0. The van der Waals surface area contributed by atoms with Crippen molar-refractivity contribution in [2.45, 2.75) is 12.5 Å². The summed E-state index contributed by atoms with van der Waals surface area (Å²) in [4.78, 5) is 13.8. The van der Waals surface area contributed by atoms with Crippen molar-refractivity contribution in [3.63, 3.8) is 0 Å². The van der Waals surface area contributed by atoms with E-state index in [1.807, 2.05) is 0 Å². The summed E-state index contributed by atoms with van der Waals surface area (Å²) in [7, 11) is 0. The monoisotopic (exact) mass is 184 g/mol. The van der Waals surface area contributed by atoms with Gasteiger partial charge >= 0.3 is 5.97 Å². The Balaban J connectivity index is 2.76. The van der Waals surface area contributed by atoms with Crippen LogP contribution in [0.1, 0.15) is 18.0 Å². The fourth-order valence-electron chi connectivity index (χ4n) is 0.937. The number of rotatable bonds is 3. The Kier molecular flexibility index (Phi) is 2.92. The lowest BCUT2D eigenvalue weighted by Crippen LogP contribution is -2.15. The molecule has 0 spiro atoms. The van der Waals surface area contributed by atoms with Crippen LogP contribution < -0.4 is 5.73 Å². The summed E-state index contributed by atoms with van der Waals surface area (Å²) in [5.41, 5.74) is 5.87. The smallest absolute Gasteiger partial charge is 0.305 e. The Morgan fingerprint density at radius 2 is 2.38 bits per heavy atom. The Hall–Kier alpha value is -1.49. The van der Waals surface area contributed by atoms with Gasteiger partial charge < -0.3 is 10.8 Å². The second-order valence-electron chi connectivity index (χ2n) is 2.64. The number of aromatic nitrogens is 1. The third-order valence-electron chi connectivity index (χ3n) is 1.55. The Labute approximate surface area is 74.2 Å². The highest BCUT2D eigenvalue weighted by molar-refractivity contribution is 5.67. The number of aliphatic carboxylic acids is 1. The topological polar surface area (TPSA) is 76.2 Å². The van der Waals surface area contributed by atoms with Gasteiger partial charge in [-0.05, 0) is 11.6 Å². The second-order valence-corrected chi connectivity index (χ2v) is 2.64. The van der Waals surface area contributed by atoms with Gasteiger partial charge in [0.15, 0.2) is 0 Å². The maximum absolute atomic E-state index is 12.6. The predicted octanol–water partition coefficient (Wildman–Crippen LogP) is 0.695. The molecule has 5 heteroatoms. The zero-order chi connectivity index (χ0) is 9.84. The van der Waals surface area contributed by atoms with Gasteiger partial charge in [0, 0.05) is 12.2 Å². The molecule has 0 radical (unpaired) electrons. The van der Waals surface area contributed by atoms with E-state index in [1.54, 1.807) is 0 Å². The highest BCUT2D eigenvalue weighted by Crippen LogP contribution is 2.13. The average molecular weight is 184 g/mol. The second kappa shape index (κ2) is 3.95. The average Bonchev–Trinajstić information content (AvgIpc) is 2.03. The summed E-state index contributed by atoms with van der Waals surface area (Å²) in [5, 5.41) is 8.42. The molecule has 1 atom stereocenters. The zero-order valence-corrected chi connectivity index (χ0v) is 6.77. The Morgan fingerprint density at radius 1 is 1.69 bits per heavy atom. The van der Waals surface area contributed by atoms with Crippen LogP contribution in [0.5, 0.6) is 0 Å². The summed E-state index contributed by atoms with van der Waals surface area (Å²) in [6.07, 6.45) is 2.17. The van der Waals surface area contributed by atoms with Gasteiger partial charge in [0.25, 0.3) is 0 Å². The molecule has 0 saturated heterocycles. The minimum atomic E-state index is -1.02. The first kappa shape index (κ1) is 9.60. The zero-order valence-electron chi connectivity index (χ0n) is 6.77. The first-order valence-electron chi connectivity index (χ1n) is 3.67. The molecule has 0 aliphatic heterocycles. The van der Waals surface area contributed by atoms with Crippen LogP contribution in [0.2, 0.25) is 0 Å². The fraction of sp³-hybridized carbons (Fsp3) is 0.250. The van der Waals surface area contributed by atoms with Crippen LogP contribution in [0.25, 0.3) is 0 Å². The standard InChI is InChI=1S/C8H9FN2O2/c9-6-1-5(3-11-4-6)7(10)2-8(12)13/h1,3-4,7H,2,10H2,(H,12,13). The first-order chi connectivity index (χ1) is 6.09. The normalized spacial score (nSPS) is 12.5. The van der Waals surface area contributed by atoms with E-state index in [9.17, 15) is 9.18 Å². The first-order valence-corrected chi connectivity index (χ1v) is 3.67. The highest BCUT2D eigenvalue weighted by atomic mass is 19.1. The molecular weight excluding hydrogens is 175 g/mol. The molecule has 3 N–H and O–H groups in total. The van der Waals surface area contributed by atoms with E-state index in [0.717, 1.165) is 6.20 Å². The molecule has 1 heterocycles. The molecule has 0 bridgehead atoms. The Morgan fingerprint density at radius 3 is 2.92 bits per heavy atom. The molecule has 0 aliphatic carbocycles. The van der Waals surface area contributed by atoms with Crippen LogP contribution in [0, 0.1) is 5.82 Å². The van der Waals surface area contributed by atoms with Crippen molar-refractivity contribution >= 4 is 5.97 Å². The van der Waals surface area contributed by atoms with Crippen LogP contribution >= 0.6 is 0 Å². The number of carbonyl (C=O) groups is 1. The molecule has 0 amide bonds. The van der Waals surface area contributed by atoms with Gasteiger partial charge in [-0.25, -0.2) is 4.39 Å². The number of halogens is 1. The minimum Gasteiger partial charge on any atom is -0.481 e. The van der Waals surface area contributed by atoms with Gasteiger partial charge in [0.05, 0.1) is 12.6 Å². The van der Waals surface area contributed by atoms with E-state index in [2.05, 4.69) is 4.98 Å². The largest absolute Gasteiger partial charge is 0.481 e. The molecule has 4 nitrogen and oxygen atoms in total. The summed E-state index contributed by atoms with van der Waals surface area (Å²) < 4.78 is 12.6. The van der Waals surface area contributed by atoms with Crippen LogP contribution in [-0.4, -0.2) is 16.1 Å². The van der Waals surface area contributed by atoms with Gasteiger partial charge in [0.2, 0.25) is 0 Å². The molecule has 1 aromatic rings. The molecule has 13 heavy (non-hydrogen) atoms. The lowest BCUT2D eigenvalue weighted by atomic mass is 10.1. The number of carboxylic acid groups (broad SMARTS) is 1. The quantitative estimate of drug-likeness (QED) is 0.724. The number of nitrogens with two attached hydrogens (primary N) is 1.